The molecule has 2 amide bonds. The molecule has 25 heavy (non-hydrogen) atoms. The SMILES string of the molecule is CC(C(=O)N1CCCCC1)N1CCN(C(=O)c2cc(Cl)sc2Cl)CC1. The molecule has 138 valence electrons. The van der Waals surface area contributed by atoms with Crippen LogP contribution >= 0.6 is 34.5 Å². The van der Waals surface area contributed by atoms with Gasteiger partial charge in [0.25, 0.3) is 5.91 Å². The molecule has 2 aliphatic rings. The molecule has 1 aromatic heterocycles. The Morgan fingerprint density at radius 3 is 2.20 bits per heavy atom. The van der Waals surface area contributed by atoms with E-state index in [1.807, 2.05) is 11.8 Å². The third-order valence-electron chi connectivity index (χ3n) is 5.06. The number of amides is 2. The van der Waals surface area contributed by atoms with Crippen LogP contribution in [0.3, 0.4) is 0 Å². The van der Waals surface area contributed by atoms with Gasteiger partial charge in [-0.2, -0.15) is 0 Å². The number of hydrogen-bond donors (Lipinski definition) is 0. The molecule has 2 saturated heterocycles. The molecule has 0 radical (unpaired) electrons. The lowest BCUT2D eigenvalue weighted by molar-refractivity contribution is -0.137. The predicted octanol–water partition coefficient (Wildman–Crippen LogP) is 3.21. The topological polar surface area (TPSA) is 43.9 Å². The van der Waals surface area contributed by atoms with Crippen LogP contribution in [0.4, 0.5) is 0 Å². The summed E-state index contributed by atoms with van der Waals surface area (Å²) < 4.78 is 0.957. The van der Waals surface area contributed by atoms with E-state index in [0.717, 1.165) is 25.9 Å². The first-order valence-electron chi connectivity index (χ1n) is 8.74. The van der Waals surface area contributed by atoms with E-state index in [2.05, 4.69) is 4.90 Å². The summed E-state index contributed by atoms with van der Waals surface area (Å²) in [6.07, 6.45) is 3.42. The molecule has 1 aromatic rings. The molecule has 8 heteroatoms. The molecular formula is C17H23Cl2N3O2S. The minimum Gasteiger partial charge on any atom is -0.341 e. The highest BCUT2D eigenvalue weighted by Crippen LogP contribution is 2.32. The lowest BCUT2D eigenvalue weighted by Crippen LogP contribution is -2.56. The number of piperazine rings is 1. The fourth-order valence-electron chi connectivity index (χ4n) is 3.50. The van der Waals surface area contributed by atoms with Gasteiger partial charge in [-0.15, -0.1) is 11.3 Å². The lowest BCUT2D eigenvalue weighted by Gasteiger charge is -2.39. The second kappa shape index (κ2) is 8.25. The number of halogens is 2. The Morgan fingerprint density at radius 1 is 1.00 bits per heavy atom. The van der Waals surface area contributed by atoms with Crippen LogP contribution in [0, 0.1) is 0 Å². The van der Waals surface area contributed by atoms with Crippen molar-refractivity contribution in [3.63, 3.8) is 0 Å². The summed E-state index contributed by atoms with van der Waals surface area (Å²) in [4.78, 5) is 31.2. The molecule has 0 spiro atoms. The van der Waals surface area contributed by atoms with Gasteiger partial charge in [0.15, 0.2) is 0 Å². The van der Waals surface area contributed by atoms with E-state index < -0.39 is 0 Å². The standard InChI is InChI=1S/C17H23Cl2N3O2S/c1-12(16(23)21-5-3-2-4-6-21)20-7-9-22(10-8-20)17(24)13-11-14(18)25-15(13)19/h11-12H,2-10H2,1H3. The lowest BCUT2D eigenvalue weighted by atomic mass is 10.1. The second-order valence-electron chi connectivity index (χ2n) is 6.63. The molecule has 2 fully saturated rings. The number of carbonyl (C=O) groups is 2. The van der Waals surface area contributed by atoms with Gasteiger partial charge >= 0.3 is 0 Å². The smallest absolute Gasteiger partial charge is 0.256 e. The Hall–Kier alpha value is -0.820. The Bertz CT molecular complexity index is 638. The zero-order valence-corrected chi connectivity index (χ0v) is 16.7. The van der Waals surface area contributed by atoms with Crippen molar-refractivity contribution >= 4 is 46.4 Å². The van der Waals surface area contributed by atoms with Gasteiger partial charge in [0.1, 0.15) is 4.34 Å². The summed E-state index contributed by atoms with van der Waals surface area (Å²) in [5.41, 5.74) is 0.475. The molecule has 3 heterocycles. The molecule has 1 atom stereocenters. The zero-order chi connectivity index (χ0) is 18.0. The van der Waals surface area contributed by atoms with Crippen molar-refractivity contribution in [3.05, 3.63) is 20.3 Å². The van der Waals surface area contributed by atoms with E-state index in [0.29, 0.717) is 40.4 Å². The number of carbonyl (C=O) groups excluding carboxylic acids is 2. The minimum absolute atomic E-state index is 0.0807. The van der Waals surface area contributed by atoms with Crippen LogP contribution in [0.5, 0.6) is 0 Å². The van der Waals surface area contributed by atoms with Gasteiger partial charge in [0.05, 0.1) is 15.9 Å². The van der Waals surface area contributed by atoms with Gasteiger partial charge in [-0.25, -0.2) is 0 Å². The van der Waals surface area contributed by atoms with Gasteiger partial charge in [0.2, 0.25) is 5.91 Å². The Balaban J connectivity index is 1.55. The number of rotatable bonds is 3. The summed E-state index contributed by atoms with van der Waals surface area (Å²) in [6.45, 7) is 6.31. The fraction of sp³-hybridized carbons (Fsp3) is 0.647. The van der Waals surface area contributed by atoms with Crippen LogP contribution in [-0.4, -0.2) is 71.8 Å². The highest BCUT2D eigenvalue weighted by Gasteiger charge is 2.31. The number of hydrogen-bond acceptors (Lipinski definition) is 4. The molecule has 2 aliphatic heterocycles. The van der Waals surface area contributed by atoms with E-state index in [1.54, 1.807) is 11.0 Å². The number of piperidine rings is 1. The summed E-state index contributed by atoms with van der Waals surface area (Å²) in [5.74, 6) is 0.134. The van der Waals surface area contributed by atoms with Crippen LogP contribution in [0.1, 0.15) is 36.5 Å². The molecule has 0 N–H and O–H groups in total. The van der Waals surface area contributed by atoms with Gasteiger partial charge in [-0.05, 0) is 32.3 Å². The van der Waals surface area contributed by atoms with Crippen LogP contribution < -0.4 is 0 Å². The Labute approximate surface area is 162 Å². The van der Waals surface area contributed by atoms with Crippen molar-refractivity contribution in [1.82, 2.24) is 14.7 Å². The fourth-order valence-corrected chi connectivity index (χ4v) is 4.95. The first-order valence-corrected chi connectivity index (χ1v) is 10.3. The Morgan fingerprint density at radius 2 is 1.64 bits per heavy atom. The maximum Gasteiger partial charge on any atom is 0.256 e. The average molecular weight is 404 g/mol. The molecule has 3 rings (SSSR count). The highest BCUT2D eigenvalue weighted by molar-refractivity contribution is 7.20. The molecule has 1 unspecified atom stereocenters. The van der Waals surface area contributed by atoms with E-state index in [4.69, 9.17) is 23.2 Å². The van der Waals surface area contributed by atoms with Gasteiger partial charge in [-0.3, -0.25) is 14.5 Å². The Kier molecular flexibility index (Phi) is 6.25. The van der Waals surface area contributed by atoms with Crippen LogP contribution in [0.15, 0.2) is 6.07 Å². The quantitative estimate of drug-likeness (QED) is 0.777. The van der Waals surface area contributed by atoms with E-state index >= 15 is 0 Å². The van der Waals surface area contributed by atoms with Crippen LogP contribution in [-0.2, 0) is 4.79 Å². The van der Waals surface area contributed by atoms with Crippen molar-refractivity contribution in [3.8, 4) is 0 Å². The zero-order valence-electron chi connectivity index (χ0n) is 14.3. The monoisotopic (exact) mass is 403 g/mol. The van der Waals surface area contributed by atoms with E-state index in [9.17, 15) is 9.59 Å². The second-order valence-corrected chi connectivity index (χ2v) is 8.91. The van der Waals surface area contributed by atoms with Crippen LogP contribution in [0.2, 0.25) is 8.67 Å². The van der Waals surface area contributed by atoms with E-state index in [1.165, 1.54) is 17.8 Å². The molecular weight excluding hydrogens is 381 g/mol. The van der Waals surface area contributed by atoms with Crippen molar-refractivity contribution in [1.29, 1.82) is 0 Å². The normalized spacial score (nSPS) is 20.6. The van der Waals surface area contributed by atoms with Crippen molar-refractivity contribution < 1.29 is 9.59 Å². The number of nitrogens with zero attached hydrogens (tertiary/aromatic N) is 3. The third kappa shape index (κ3) is 4.30. The highest BCUT2D eigenvalue weighted by atomic mass is 35.5. The molecule has 0 saturated carbocycles. The van der Waals surface area contributed by atoms with Crippen molar-refractivity contribution in [2.75, 3.05) is 39.3 Å². The minimum atomic E-state index is -0.130. The summed E-state index contributed by atoms with van der Waals surface area (Å²) in [7, 11) is 0. The largest absolute Gasteiger partial charge is 0.341 e. The van der Waals surface area contributed by atoms with Crippen molar-refractivity contribution in [2.24, 2.45) is 0 Å². The predicted molar refractivity (Wildman–Crippen MR) is 102 cm³/mol. The molecule has 0 aliphatic carbocycles. The summed E-state index contributed by atoms with van der Waals surface area (Å²) >= 11 is 13.2. The number of thiophene rings is 1. The first kappa shape index (κ1) is 19.0. The van der Waals surface area contributed by atoms with Gasteiger partial charge in [0, 0.05) is 39.3 Å². The van der Waals surface area contributed by atoms with Gasteiger partial charge < -0.3 is 9.80 Å². The third-order valence-corrected chi connectivity index (χ3v) is 6.55. The summed E-state index contributed by atoms with van der Waals surface area (Å²) in [5, 5.41) is 0. The van der Waals surface area contributed by atoms with Gasteiger partial charge in [-0.1, -0.05) is 23.2 Å². The first-order chi connectivity index (χ1) is 12.0. The maximum atomic E-state index is 12.7. The maximum absolute atomic E-state index is 12.7. The molecule has 5 nitrogen and oxygen atoms in total. The molecule has 0 aromatic carbocycles. The molecule has 0 bridgehead atoms. The van der Waals surface area contributed by atoms with E-state index in [-0.39, 0.29) is 17.9 Å². The van der Waals surface area contributed by atoms with Crippen molar-refractivity contribution in [2.45, 2.75) is 32.2 Å². The number of likely N-dealkylation sites (tertiary alicyclic amines) is 1. The van der Waals surface area contributed by atoms with Crippen LogP contribution in [0.25, 0.3) is 0 Å². The average Bonchev–Trinajstić information content (AvgIpc) is 2.99. The summed E-state index contributed by atoms with van der Waals surface area (Å²) in [6, 6.07) is 1.50.